The molecule has 1 saturated carbocycles. The van der Waals surface area contributed by atoms with Crippen LogP contribution in [0.15, 0.2) is 6.07 Å². The Kier molecular flexibility index (Phi) is 2.59. The first-order chi connectivity index (χ1) is 7.52. The van der Waals surface area contributed by atoms with Crippen molar-refractivity contribution in [1.82, 2.24) is 0 Å². The molecule has 0 aromatic heterocycles. The summed E-state index contributed by atoms with van der Waals surface area (Å²) in [5.41, 5.74) is -1.17. The first kappa shape index (κ1) is 11.3. The van der Waals surface area contributed by atoms with Gasteiger partial charge in [-0.25, -0.2) is 13.2 Å². The number of halogens is 4. The molecule has 2 rings (SSSR count). The van der Waals surface area contributed by atoms with Crippen LogP contribution in [0.4, 0.5) is 13.2 Å². The van der Waals surface area contributed by atoms with E-state index in [9.17, 15) is 13.2 Å². The third kappa shape index (κ3) is 1.39. The summed E-state index contributed by atoms with van der Waals surface area (Å²) in [6.45, 7) is 0. The van der Waals surface area contributed by atoms with Crippen molar-refractivity contribution in [3.8, 4) is 6.07 Å². The highest BCUT2D eigenvalue weighted by Gasteiger charge is 2.42. The van der Waals surface area contributed by atoms with E-state index in [2.05, 4.69) is 0 Å². The van der Waals surface area contributed by atoms with E-state index in [4.69, 9.17) is 16.9 Å². The Labute approximate surface area is 95.4 Å². The molecule has 0 aliphatic heterocycles. The van der Waals surface area contributed by atoms with Gasteiger partial charge in [-0.1, -0.05) is 11.6 Å². The first-order valence-corrected chi connectivity index (χ1v) is 5.14. The Balaban J connectivity index is 2.63. The van der Waals surface area contributed by atoms with Crippen LogP contribution in [0, 0.1) is 28.8 Å². The van der Waals surface area contributed by atoms with Gasteiger partial charge in [0, 0.05) is 5.56 Å². The lowest BCUT2D eigenvalue weighted by Crippen LogP contribution is -2.33. The fourth-order valence-corrected chi connectivity index (χ4v) is 2.08. The Hall–Kier alpha value is -1.21. The summed E-state index contributed by atoms with van der Waals surface area (Å²) in [5, 5.41) is 8.50. The Morgan fingerprint density at radius 3 is 2.25 bits per heavy atom. The average Bonchev–Trinajstić information content (AvgIpc) is 2.21. The number of hydrogen-bond acceptors (Lipinski definition) is 1. The van der Waals surface area contributed by atoms with Gasteiger partial charge in [0.1, 0.15) is 0 Å². The van der Waals surface area contributed by atoms with Crippen LogP contribution in [-0.2, 0) is 5.41 Å². The van der Waals surface area contributed by atoms with Crippen LogP contribution < -0.4 is 0 Å². The fraction of sp³-hybridized carbons (Fsp3) is 0.364. The predicted molar refractivity (Wildman–Crippen MR) is 52.5 cm³/mol. The molecule has 0 unspecified atom stereocenters. The van der Waals surface area contributed by atoms with Crippen molar-refractivity contribution in [3.63, 3.8) is 0 Å². The molecule has 1 aliphatic rings. The van der Waals surface area contributed by atoms with Gasteiger partial charge in [0.15, 0.2) is 17.5 Å². The van der Waals surface area contributed by atoms with Gasteiger partial charge < -0.3 is 0 Å². The first-order valence-electron chi connectivity index (χ1n) is 4.76. The largest absolute Gasteiger partial charge is 0.203 e. The molecular weight excluding hydrogens is 239 g/mol. The molecule has 84 valence electrons. The summed E-state index contributed by atoms with van der Waals surface area (Å²) in [5.74, 6) is -4.32. The van der Waals surface area contributed by atoms with Gasteiger partial charge in [-0.3, -0.25) is 0 Å². The van der Waals surface area contributed by atoms with Crippen molar-refractivity contribution in [1.29, 1.82) is 5.26 Å². The molecule has 0 heterocycles. The molecular formula is C11H7ClF3N. The molecule has 5 heteroatoms. The minimum Gasteiger partial charge on any atom is -0.203 e. The van der Waals surface area contributed by atoms with E-state index in [-0.39, 0.29) is 5.56 Å². The highest BCUT2D eigenvalue weighted by molar-refractivity contribution is 6.30. The molecule has 1 aliphatic carbocycles. The van der Waals surface area contributed by atoms with Gasteiger partial charge >= 0.3 is 0 Å². The van der Waals surface area contributed by atoms with Crippen molar-refractivity contribution in [2.24, 2.45) is 0 Å². The van der Waals surface area contributed by atoms with E-state index < -0.39 is 27.9 Å². The Morgan fingerprint density at radius 1 is 1.19 bits per heavy atom. The standard InChI is InChI=1S/C11H7ClF3N/c12-7-4-6(8(13)10(15)9(7)14)11(5-16)2-1-3-11/h4H,1-3H2. The third-order valence-corrected chi connectivity index (χ3v) is 3.31. The van der Waals surface area contributed by atoms with E-state index in [0.29, 0.717) is 12.8 Å². The van der Waals surface area contributed by atoms with E-state index in [0.717, 1.165) is 12.5 Å². The van der Waals surface area contributed by atoms with Crippen molar-refractivity contribution >= 4 is 11.6 Å². The minimum absolute atomic E-state index is 0.134. The van der Waals surface area contributed by atoms with Crippen LogP contribution in [0.2, 0.25) is 5.02 Å². The summed E-state index contributed by atoms with van der Waals surface area (Å²) in [7, 11) is 0. The minimum atomic E-state index is -1.61. The van der Waals surface area contributed by atoms with E-state index in [1.807, 2.05) is 6.07 Å². The topological polar surface area (TPSA) is 23.8 Å². The summed E-state index contributed by atoms with van der Waals surface area (Å²) in [6.07, 6.45) is 1.66. The van der Waals surface area contributed by atoms with E-state index >= 15 is 0 Å². The van der Waals surface area contributed by atoms with Gasteiger partial charge in [-0.2, -0.15) is 5.26 Å². The third-order valence-electron chi connectivity index (χ3n) is 3.04. The molecule has 16 heavy (non-hydrogen) atoms. The molecule has 0 N–H and O–H groups in total. The molecule has 0 radical (unpaired) electrons. The summed E-state index contributed by atoms with van der Waals surface area (Å²) in [6, 6.07) is 2.97. The van der Waals surface area contributed by atoms with Crippen LogP contribution >= 0.6 is 11.6 Å². The van der Waals surface area contributed by atoms with Crippen LogP contribution in [0.1, 0.15) is 24.8 Å². The fourth-order valence-electron chi connectivity index (χ4n) is 1.89. The lowest BCUT2D eigenvalue weighted by atomic mass is 9.65. The molecule has 0 atom stereocenters. The molecule has 1 aromatic rings. The normalized spacial score (nSPS) is 17.7. The maximum absolute atomic E-state index is 13.5. The van der Waals surface area contributed by atoms with Gasteiger partial charge in [0.2, 0.25) is 0 Å². The lowest BCUT2D eigenvalue weighted by molar-refractivity contribution is 0.305. The predicted octanol–water partition coefficient (Wildman–Crippen LogP) is 3.70. The van der Waals surface area contributed by atoms with Crippen molar-refractivity contribution in [3.05, 3.63) is 34.1 Å². The molecule has 0 saturated heterocycles. The van der Waals surface area contributed by atoms with Crippen LogP contribution in [0.5, 0.6) is 0 Å². The number of hydrogen-bond donors (Lipinski definition) is 0. The van der Waals surface area contributed by atoms with Gasteiger partial charge in [0.25, 0.3) is 0 Å². The SMILES string of the molecule is N#CC1(c2cc(Cl)c(F)c(F)c2F)CCC1. The van der Waals surface area contributed by atoms with Gasteiger partial charge in [0.05, 0.1) is 16.5 Å². The average molecular weight is 246 g/mol. The highest BCUT2D eigenvalue weighted by Crippen LogP contribution is 2.45. The van der Waals surface area contributed by atoms with Gasteiger partial charge in [-0.05, 0) is 25.3 Å². The second kappa shape index (κ2) is 3.67. The lowest BCUT2D eigenvalue weighted by Gasteiger charge is -2.35. The Bertz CT molecular complexity index is 489. The van der Waals surface area contributed by atoms with Crippen LogP contribution in [0.3, 0.4) is 0 Å². The monoisotopic (exact) mass is 245 g/mol. The van der Waals surface area contributed by atoms with E-state index in [1.165, 1.54) is 0 Å². The van der Waals surface area contributed by atoms with Crippen molar-refractivity contribution < 1.29 is 13.2 Å². The zero-order chi connectivity index (χ0) is 11.9. The summed E-state index contributed by atoms with van der Waals surface area (Å²) < 4.78 is 39.6. The zero-order valence-electron chi connectivity index (χ0n) is 8.16. The molecule has 0 amide bonds. The van der Waals surface area contributed by atoms with Crippen LogP contribution in [0.25, 0.3) is 0 Å². The number of rotatable bonds is 1. The Morgan fingerprint density at radius 2 is 1.81 bits per heavy atom. The van der Waals surface area contributed by atoms with Crippen LogP contribution in [-0.4, -0.2) is 0 Å². The molecule has 1 aromatic carbocycles. The number of nitrogens with zero attached hydrogens (tertiary/aromatic N) is 1. The highest BCUT2D eigenvalue weighted by atomic mass is 35.5. The summed E-state index contributed by atoms with van der Waals surface area (Å²) in [4.78, 5) is 0. The molecule has 1 fully saturated rings. The summed E-state index contributed by atoms with van der Waals surface area (Å²) >= 11 is 5.44. The van der Waals surface area contributed by atoms with Gasteiger partial charge in [-0.15, -0.1) is 0 Å². The number of benzene rings is 1. The maximum Gasteiger partial charge on any atom is 0.196 e. The molecule has 0 bridgehead atoms. The quantitative estimate of drug-likeness (QED) is 0.547. The maximum atomic E-state index is 13.5. The smallest absolute Gasteiger partial charge is 0.196 e. The molecule has 1 nitrogen and oxygen atoms in total. The van der Waals surface area contributed by atoms with Crippen molar-refractivity contribution in [2.75, 3.05) is 0 Å². The molecule has 0 spiro atoms. The van der Waals surface area contributed by atoms with E-state index in [1.54, 1.807) is 0 Å². The number of nitriles is 1. The zero-order valence-corrected chi connectivity index (χ0v) is 8.91. The second-order valence-corrected chi connectivity index (χ2v) is 4.30. The van der Waals surface area contributed by atoms with Crippen molar-refractivity contribution in [2.45, 2.75) is 24.7 Å². The second-order valence-electron chi connectivity index (χ2n) is 3.90.